The van der Waals surface area contributed by atoms with Crippen LogP contribution in [-0.2, 0) is 17.8 Å². The number of fused-ring (bicyclic) bond motifs is 3. The monoisotopic (exact) mass is 460 g/mol. The van der Waals surface area contributed by atoms with Crippen LogP contribution in [0, 0.1) is 0 Å². The van der Waals surface area contributed by atoms with Gasteiger partial charge in [-0.25, -0.2) is 14.8 Å². The number of nitrogen functional groups attached to an aromatic ring is 1. The minimum absolute atomic E-state index is 0.0679. The first-order valence-corrected chi connectivity index (χ1v) is 11.3. The first kappa shape index (κ1) is 23.0. The molecule has 2 aromatic heterocycles. The number of unbranched alkanes of at least 4 members (excludes halogenated alkanes) is 1. The Bertz CT molecular complexity index is 1330. The summed E-state index contributed by atoms with van der Waals surface area (Å²) in [6, 6.07) is 15.6. The van der Waals surface area contributed by atoms with E-state index in [0.717, 1.165) is 52.6 Å². The van der Waals surface area contributed by atoms with E-state index in [9.17, 15) is 9.59 Å². The summed E-state index contributed by atoms with van der Waals surface area (Å²) < 4.78 is 2.22. The third-order valence-corrected chi connectivity index (χ3v) is 5.65. The number of benzene rings is 2. The van der Waals surface area contributed by atoms with Crippen molar-refractivity contribution in [3.8, 4) is 0 Å². The number of hydrogen-bond acceptors (Lipinski definition) is 5. The van der Waals surface area contributed by atoms with Crippen LogP contribution < -0.4 is 16.4 Å². The Morgan fingerprint density at radius 1 is 1.09 bits per heavy atom. The number of para-hydroxylation sites is 1. The zero-order chi connectivity index (χ0) is 24.1. The molecule has 34 heavy (non-hydrogen) atoms. The molecule has 2 heterocycles. The summed E-state index contributed by atoms with van der Waals surface area (Å²) in [6.45, 7) is 2.84. The van der Waals surface area contributed by atoms with Crippen LogP contribution in [0.5, 0.6) is 0 Å². The van der Waals surface area contributed by atoms with Crippen molar-refractivity contribution >= 4 is 45.4 Å². The predicted molar refractivity (Wildman–Crippen MR) is 133 cm³/mol. The number of carboxylic acid groups (broad SMARTS) is 1. The SMILES string of the molecule is CCCCc1nc2c(N)nc3ccccc3c2n1Cc1ccc(NC(=O)CCNC(=O)O)cc1. The second-order valence-corrected chi connectivity index (χ2v) is 8.16. The lowest BCUT2D eigenvalue weighted by Crippen LogP contribution is -2.25. The number of aromatic nitrogens is 3. The Labute approximate surface area is 197 Å². The standard InChI is InChI=1S/C25H28N6O3/c1-2-3-8-20-30-22-23(18-6-4-5-7-19(18)29-24(22)26)31(20)15-16-9-11-17(12-10-16)28-21(32)13-14-27-25(33)34/h4-7,9-12,27H,2-3,8,13-15H2,1H3,(H2,26,29)(H,28,32)(H,33,34). The van der Waals surface area contributed by atoms with E-state index in [0.29, 0.717) is 18.1 Å². The van der Waals surface area contributed by atoms with Gasteiger partial charge in [-0.1, -0.05) is 43.7 Å². The number of amides is 2. The van der Waals surface area contributed by atoms with Crippen LogP contribution in [0.4, 0.5) is 16.3 Å². The van der Waals surface area contributed by atoms with E-state index < -0.39 is 6.09 Å². The van der Waals surface area contributed by atoms with Gasteiger partial charge < -0.3 is 26.0 Å². The Hall–Kier alpha value is -4.14. The van der Waals surface area contributed by atoms with Crippen molar-refractivity contribution in [3.63, 3.8) is 0 Å². The largest absolute Gasteiger partial charge is 0.465 e. The van der Waals surface area contributed by atoms with E-state index in [1.165, 1.54) is 0 Å². The second kappa shape index (κ2) is 10.2. The number of carbonyl (C=O) groups excluding carboxylic acids is 1. The maximum absolute atomic E-state index is 12.0. The van der Waals surface area contributed by atoms with Gasteiger partial charge in [-0.2, -0.15) is 0 Å². The summed E-state index contributed by atoms with van der Waals surface area (Å²) >= 11 is 0. The maximum Gasteiger partial charge on any atom is 0.404 e. The first-order chi connectivity index (χ1) is 16.5. The number of aryl methyl sites for hydroxylation is 1. The van der Waals surface area contributed by atoms with E-state index in [1.807, 2.05) is 48.5 Å². The quantitative estimate of drug-likeness (QED) is 0.296. The highest BCUT2D eigenvalue weighted by Crippen LogP contribution is 2.30. The fourth-order valence-corrected chi connectivity index (χ4v) is 3.98. The van der Waals surface area contributed by atoms with Crippen molar-refractivity contribution in [1.82, 2.24) is 19.9 Å². The van der Waals surface area contributed by atoms with Gasteiger partial charge in [0, 0.05) is 37.0 Å². The van der Waals surface area contributed by atoms with Gasteiger partial charge in [0.1, 0.15) is 11.3 Å². The zero-order valence-corrected chi connectivity index (χ0v) is 19.0. The van der Waals surface area contributed by atoms with E-state index in [2.05, 4.69) is 27.1 Å². The number of imidazole rings is 1. The molecule has 0 unspecified atom stereocenters. The highest BCUT2D eigenvalue weighted by atomic mass is 16.4. The molecule has 0 saturated carbocycles. The second-order valence-electron chi connectivity index (χ2n) is 8.16. The predicted octanol–water partition coefficient (Wildman–Crippen LogP) is 4.15. The molecule has 176 valence electrons. The number of nitrogens with two attached hydrogens (primary N) is 1. The van der Waals surface area contributed by atoms with E-state index in [-0.39, 0.29) is 18.9 Å². The van der Waals surface area contributed by atoms with Crippen LogP contribution in [0.15, 0.2) is 48.5 Å². The van der Waals surface area contributed by atoms with Crippen LogP contribution >= 0.6 is 0 Å². The molecular weight excluding hydrogens is 432 g/mol. The molecule has 4 rings (SSSR count). The van der Waals surface area contributed by atoms with E-state index in [1.54, 1.807) is 0 Å². The molecule has 0 atom stereocenters. The molecule has 2 aromatic carbocycles. The van der Waals surface area contributed by atoms with Crippen molar-refractivity contribution < 1.29 is 14.7 Å². The van der Waals surface area contributed by atoms with Crippen molar-refractivity contribution in [2.24, 2.45) is 0 Å². The average molecular weight is 461 g/mol. The third kappa shape index (κ3) is 5.09. The van der Waals surface area contributed by atoms with Crippen LogP contribution in [0.1, 0.15) is 37.6 Å². The lowest BCUT2D eigenvalue weighted by Gasteiger charge is -2.12. The summed E-state index contributed by atoms with van der Waals surface area (Å²) in [5.41, 5.74) is 10.5. The average Bonchev–Trinajstić information content (AvgIpc) is 3.18. The molecule has 9 heteroatoms. The molecule has 0 aliphatic rings. The smallest absolute Gasteiger partial charge is 0.404 e. The van der Waals surface area contributed by atoms with Gasteiger partial charge in [-0.3, -0.25) is 4.79 Å². The van der Waals surface area contributed by atoms with Crippen molar-refractivity contribution in [2.45, 2.75) is 39.2 Å². The van der Waals surface area contributed by atoms with Gasteiger partial charge in [0.05, 0.1) is 11.0 Å². The molecule has 0 aliphatic heterocycles. The Balaban J connectivity index is 1.61. The fraction of sp³-hybridized carbons (Fsp3) is 0.280. The summed E-state index contributed by atoms with van der Waals surface area (Å²) in [5.74, 6) is 1.16. The number of nitrogens with one attached hydrogen (secondary N) is 2. The van der Waals surface area contributed by atoms with Gasteiger partial charge in [0.15, 0.2) is 5.82 Å². The first-order valence-electron chi connectivity index (χ1n) is 11.3. The van der Waals surface area contributed by atoms with Crippen LogP contribution in [0.2, 0.25) is 0 Å². The molecule has 0 saturated heterocycles. The molecule has 0 bridgehead atoms. The fourth-order valence-electron chi connectivity index (χ4n) is 3.98. The molecule has 9 nitrogen and oxygen atoms in total. The number of pyridine rings is 1. The summed E-state index contributed by atoms with van der Waals surface area (Å²) in [4.78, 5) is 31.9. The van der Waals surface area contributed by atoms with Gasteiger partial charge in [0.2, 0.25) is 5.91 Å². The van der Waals surface area contributed by atoms with Gasteiger partial charge >= 0.3 is 6.09 Å². The van der Waals surface area contributed by atoms with Crippen molar-refractivity contribution in [1.29, 1.82) is 0 Å². The van der Waals surface area contributed by atoms with Crippen LogP contribution in [0.25, 0.3) is 21.9 Å². The summed E-state index contributed by atoms with van der Waals surface area (Å²) in [6.07, 6.45) is 1.85. The van der Waals surface area contributed by atoms with Crippen molar-refractivity contribution in [2.75, 3.05) is 17.6 Å². The molecule has 2 amide bonds. The number of hydrogen-bond donors (Lipinski definition) is 4. The Kier molecular flexibility index (Phi) is 6.91. The topological polar surface area (TPSA) is 135 Å². The minimum atomic E-state index is -1.15. The number of rotatable bonds is 9. The molecule has 0 fully saturated rings. The Morgan fingerprint density at radius 3 is 2.59 bits per heavy atom. The Morgan fingerprint density at radius 2 is 1.85 bits per heavy atom. The molecule has 4 aromatic rings. The maximum atomic E-state index is 12.0. The zero-order valence-electron chi connectivity index (χ0n) is 19.0. The summed E-state index contributed by atoms with van der Waals surface area (Å²) in [7, 11) is 0. The third-order valence-electron chi connectivity index (χ3n) is 5.65. The van der Waals surface area contributed by atoms with Gasteiger partial charge in [-0.15, -0.1) is 0 Å². The van der Waals surface area contributed by atoms with Gasteiger partial charge in [-0.05, 0) is 30.2 Å². The molecule has 5 N–H and O–H groups in total. The number of nitrogens with zero attached hydrogens (tertiary/aromatic N) is 3. The number of anilines is 2. The molecule has 0 radical (unpaired) electrons. The molecule has 0 aliphatic carbocycles. The van der Waals surface area contributed by atoms with Crippen LogP contribution in [-0.4, -0.2) is 38.2 Å². The highest BCUT2D eigenvalue weighted by molar-refractivity contribution is 6.06. The van der Waals surface area contributed by atoms with E-state index in [4.69, 9.17) is 15.8 Å². The minimum Gasteiger partial charge on any atom is -0.465 e. The lowest BCUT2D eigenvalue weighted by molar-refractivity contribution is -0.116. The highest BCUT2D eigenvalue weighted by Gasteiger charge is 2.17. The molecule has 0 spiro atoms. The van der Waals surface area contributed by atoms with Crippen molar-refractivity contribution in [3.05, 3.63) is 59.9 Å². The lowest BCUT2D eigenvalue weighted by atomic mass is 10.1. The van der Waals surface area contributed by atoms with Crippen LogP contribution in [0.3, 0.4) is 0 Å². The normalized spacial score (nSPS) is 11.1. The van der Waals surface area contributed by atoms with E-state index >= 15 is 0 Å². The summed E-state index contributed by atoms with van der Waals surface area (Å²) in [5, 5.41) is 14.6. The molecular formula is C25H28N6O3. The number of carbonyl (C=O) groups is 2. The van der Waals surface area contributed by atoms with Gasteiger partial charge in [0.25, 0.3) is 0 Å².